The molecule has 19 nitrogen and oxygen atoms in total. The van der Waals surface area contributed by atoms with Gasteiger partial charge in [-0.1, -0.05) is 23.2 Å². The third kappa shape index (κ3) is 5.66. The van der Waals surface area contributed by atoms with Crippen molar-refractivity contribution in [1.82, 2.24) is 29.1 Å². The quantitative estimate of drug-likeness (QED) is 0.184. The molecule has 6 N–H and O–H groups in total. The number of rotatable bonds is 2. The van der Waals surface area contributed by atoms with Crippen molar-refractivity contribution < 1.29 is 56.7 Å². The number of aliphatic hydroxyl groups is 2. The SMILES string of the molecule is Nc1ncnc2c1ncn2C1OC2COP(=O)(O)OC3C(O)C(COP(=O)(O)OC2C1O)OC3n1cnc2cc(Cl)c(Cl)cc21. The summed E-state index contributed by atoms with van der Waals surface area (Å²) in [5.74, 6) is 0.0490. The maximum atomic E-state index is 13.2. The molecule has 3 aliphatic rings. The van der Waals surface area contributed by atoms with Crippen LogP contribution in [0.2, 0.25) is 10.0 Å². The van der Waals surface area contributed by atoms with E-state index in [1.807, 2.05) is 0 Å². The second-order valence-corrected chi connectivity index (χ2v) is 13.9. The van der Waals surface area contributed by atoms with Crippen LogP contribution < -0.4 is 5.73 Å². The molecule has 242 valence electrons. The highest BCUT2D eigenvalue weighted by Crippen LogP contribution is 2.54. The highest BCUT2D eigenvalue weighted by Gasteiger charge is 2.53. The second kappa shape index (κ2) is 11.4. The Balaban J connectivity index is 1.20. The molecule has 10 atom stereocenters. The van der Waals surface area contributed by atoms with E-state index in [1.54, 1.807) is 0 Å². The monoisotopic (exact) mass is 709 g/mol. The molecule has 6 heterocycles. The van der Waals surface area contributed by atoms with Gasteiger partial charge in [0, 0.05) is 0 Å². The summed E-state index contributed by atoms with van der Waals surface area (Å²) in [5.41, 5.74) is 6.94. The number of hydrogen-bond donors (Lipinski definition) is 5. The fraction of sp³-hybridized carbons (Fsp3) is 0.455. The molecule has 1 aromatic carbocycles. The van der Waals surface area contributed by atoms with Gasteiger partial charge in [-0.3, -0.25) is 22.7 Å². The fourth-order valence-corrected chi connectivity index (χ4v) is 7.61. The number of imidazole rings is 2. The van der Waals surface area contributed by atoms with Crippen molar-refractivity contribution in [2.75, 3.05) is 18.9 Å². The summed E-state index contributed by atoms with van der Waals surface area (Å²) in [5, 5.41) is 22.6. The summed E-state index contributed by atoms with van der Waals surface area (Å²) in [6, 6.07) is 2.95. The Hall–Kier alpha value is -2.32. The molecule has 0 radical (unpaired) electrons. The average molecular weight is 710 g/mol. The van der Waals surface area contributed by atoms with Crippen molar-refractivity contribution in [3.8, 4) is 0 Å². The lowest BCUT2D eigenvalue weighted by Gasteiger charge is -2.26. The molecule has 3 saturated heterocycles. The van der Waals surface area contributed by atoms with Gasteiger partial charge in [-0.15, -0.1) is 0 Å². The van der Waals surface area contributed by atoms with Gasteiger partial charge in [0.25, 0.3) is 0 Å². The summed E-state index contributed by atoms with van der Waals surface area (Å²) in [7, 11) is -10.1. The molecule has 3 aromatic heterocycles. The molecule has 0 aliphatic carbocycles. The van der Waals surface area contributed by atoms with Gasteiger partial charge in [0.1, 0.15) is 48.5 Å². The van der Waals surface area contributed by atoms with Crippen LogP contribution in [-0.2, 0) is 36.7 Å². The normalized spacial score (nSPS) is 37.7. The lowest BCUT2D eigenvalue weighted by atomic mass is 10.1. The highest BCUT2D eigenvalue weighted by atomic mass is 35.5. The zero-order chi connectivity index (χ0) is 31.8. The summed E-state index contributed by atoms with van der Waals surface area (Å²) in [4.78, 5) is 37.6. The Morgan fingerprint density at radius 2 is 1.47 bits per heavy atom. The van der Waals surface area contributed by atoms with Gasteiger partial charge in [0.05, 0.1) is 46.9 Å². The minimum absolute atomic E-state index is 0.0490. The fourth-order valence-electron chi connectivity index (χ4n) is 5.39. The molecule has 0 saturated carbocycles. The number of anilines is 1. The molecule has 10 unspecified atom stereocenters. The highest BCUT2D eigenvalue weighted by molar-refractivity contribution is 7.47. The van der Waals surface area contributed by atoms with Crippen LogP contribution in [0.3, 0.4) is 0 Å². The van der Waals surface area contributed by atoms with Crippen LogP contribution in [0.5, 0.6) is 0 Å². The summed E-state index contributed by atoms with van der Waals surface area (Å²) in [6.07, 6.45) is -8.39. The van der Waals surface area contributed by atoms with Crippen LogP contribution in [0.15, 0.2) is 31.1 Å². The molecule has 23 heteroatoms. The minimum Gasteiger partial charge on any atom is -0.387 e. The largest absolute Gasteiger partial charge is 0.472 e. The Labute approximate surface area is 261 Å². The van der Waals surface area contributed by atoms with Crippen molar-refractivity contribution in [3.05, 3.63) is 41.2 Å². The summed E-state index contributed by atoms with van der Waals surface area (Å²) >= 11 is 12.3. The zero-order valence-corrected chi connectivity index (χ0v) is 25.7. The Bertz CT molecular complexity index is 1880. The van der Waals surface area contributed by atoms with Crippen molar-refractivity contribution in [2.24, 2.45) is 0 Å². The smallest absolute Gasteiger partial charge is 0.387 e. The molecule has 4 aromatic rings. The molecule has 45 heavy (non-hydrogen) atoms. The van der Waals surface area contributed by atoms with E-state index in [2.05, 4.69) is 19.9 Å². The molecule has 3 fully saturated rings. The number of phosphoric ester groups is 2. The number of phosphoric acid groups is 2. The van der Waals surface area contributed by atoms with E-state index in [4.69, 9.17) is 56.5 Å². The van der Waals surface area contributed by atoms with Crippen LogP contribution in [0, 0.1) is 0 Å². The Morgan fingerprint density at radius 3 is 2.22 bits per heavy atom. The zero-order valence-electron chi connectivity index (χ0n) is 22.4. The van der Waals surface area contributed by atoms with Crippen molar-refractivity contribution in [2.45, 2.75) is 49.1 Å². The molecule has 7 rings (SSSR count). The molecule has 2 bridgehead atoms. The number of nitrogens with zero attached hydrogens (tertiary/aromatic N) is 6. The van der Waals surface area contributed by atoms with Gasteiger partial charge in [-0.25, -0.2) is 29.1 Å². The van der Waals surface area contributed by atoms with E-state index >= 15 is 0 Å². The van der Waals surface area contributed by atoms with Crippen LogP contribution in [0.4, 0.5) is 5.82 Å². The summed E-state index contributed by atoms with van der Waals surface area (Å²) in [6.45, 7) is -1.54. The average Bonchev–Trinajstić information content (AvgIpc) is 3.73. The predicted octanol–water partition coefficient (Wildman–Crippen LogP) is 1.30. The van der Waals surface area contributed by atoms with E-state index < -0.39 is 77.9 Å². The van der Waals surface area contributed by atoms with Gasteiger partial charge in [0.15, 0.2) is 23.9 Å². The van der Waals surface area contributed by atoms with Gasteiger partial charge in [0.2, 0.25) is 0 Å². The van der Waals surface area contributed by atoms with Crippen LogP contribution in [-0.4, -0.2) is 98.9 Å². The molecule has 0 spiro atoms. The molecular formula is C22H23Cl2N7O12P2. The number of halogens is 2. The maximum absolute atomic E-state index is 13.2. The van der Waals surface area contributed by atoms with Crippen molar-refractivity contribution >= 4 is 66.9 Å². The third-order valence-electron chi connectivity index (χ3n) is 7.49. The Kier molecular flexibility index (Phi) is 7.95. The van der Waals surface area contributed by atoms with Gasteiger partial charge < -0.3 is 39.8 Å². The first-order chi connectivity index (χ1) is 21.3. The standard InChI is InChI=1S/C22H23Cl2N7O12P2/c23-8-1-10-11(2-9(8)24)30(6-28-10)22-18-15(32)12(40-22)3-38-44(34,35)42-17-13(4-39-45(36,37)43-18)41-21(16(17)33)31-7-29-14-19(25)26-5-27-20(14)31/h1-2,5-7,12-13,15-18,21-22,32-33H,3-4H2,(H,34,35)(H,36,37)(H2,25,26,27). The van der Waals surface area contributed by atoms with E-state index in [-0.39, 0.29) is 27.0 Å². The first kappa shape index (κ1) is 31.3. The minimum atomic E-state index is -5.05. The predicted molar refractivity (Wildman–Crippen MR) is 151 cm³/mol. The van der Waals surface area contributed by atoms with Crippen LogP contribution in [0.25, 0.3) is 22.2 Å². The maximum Gasteiger partial charge on any atom is 0.472 e. The van der Waals surface area contributed by atoms with E-state index in [0.717, 1.165) is 6.33 Å². The number of benzene rings is 1. The van der Waals surface area contributed by atoms with E-state index in [0.29, 0.717) is 11.0 Å². The van der Waals surface area contributed by atoms with Gasteiger partial charge >= 0.3 is 15.6 Å². The van der Waals surface area contributed by atoms with Gasteiger partial charge in [-0.2, -0.15) is 0 Å². The van der Waals surface area contributed by atoms with E-state index in [9.17, 15) is 29.1 Å². The van der Waals surface area contributed by atoms with Crippen molar-refractivity contribution in [1.29, 1.82) is 0 Å². The number of hydrogen-bond acceptors (Lipinski definition) is 15. The number of fused-ring (bicyclic) bond motifs is 5. The number of nitrogen functional groups attached to an aromatic ring is 1. The van der Waals surface area contributed by atoms with Crippen molar-refractivity contribution in [3.63, 3.8) is 0 Å². The van der Waals surface area contributed by atoms with Crippen LogP contribution >= 0.6 is 38.8 Å². The Morgan fingerprint density at radius 1 is 0.822 bits per heavy atom. The van der Waals surface area contributed by atoms with Gasteiger partial charge in [-0.05, 0) is 12.1 Å². The lowest BCUT2D eigenvalue weighted by Crippen LogP contribution is -2.36. The molecular weight excluding hydrogens is 687 g/mol. The second-order valence-electron chi connectivity index (χ2n) is 10.3. The number of aliphatic hydroxyl groups excluding tert-OH is 2. The first-order valence-electron chi connectivity index (χ1n) is 13.0. The van der Waals surface area contributed by atoms with Crippen LogP contribution in [0.1, 0.15) is 12.5 Å². The summed E-state index contributed by atoms with van der Waals surface area (Å²) < 4.78 is 61.7. The first-order valence-corrected chi connectivity index (χ1v) is 16.8. The number of ether oxygens (including phenoxy) is 2. The van der Waals surface area contributed by atoms with E-state index in [1.165, 1.54) is 33.9 Å². The number of aromatic nitrogens is 6. The number of nitrogens with two attached hydrogens (primary N) is 1. The molecule has 0 amide bonds. The topological polar surface area (TPSA) is 258 Å². The lowest BCUT2D eigenvalue weighted by molar-refractivity contribution is -0.0671. The third-order valence-corrected chi connectivity index (χ3v) is 10.2. The molecule has 3 aliphatic heterocycles.